The molecule has 0 unspecified atom stereocenters. The molecule has 0 spiro atoms. The fraction of sp³-hybridized carbons (Fsp3) is 0.200. The van der Waals surface area contributed by atoms with E-state index in [0.29, 0.717) is 5.56 Å². The summed E-state index contributed by atoms with van der Waals surface area (Å²) in [5.74, 6) is -1.90. The van der Waals surface area contributed by atoms with Gasteiger partial charge in [0.15, 0.2) is 0 Å². The van der Waals surface area contributed by atoms with E-state index in [9.17, 15) is 12.8 Å². The molecule has 122 valence electrons. The number of rotatable bonds is 3. The van der Waals surface area contributed by atoms with Crippen molar-refractivity contribution in [1.29, 1.82) is 0 Å². The smallest absolute Gasteiger partial charge is 0.261 e. The van der Waals surface area contributed by atoms with Crippen molar-refractivity contribution in [2.24, 2.45) is 0 Å². The minimum Gasteiger partial charge on any atom is -0.340 e. The molecule has 0 saturated carbocycles. The van der Waals surface area contributed by atoms with Crippen LogP contribution < -0.4 is 0 Å². The average Bonchev–Trinajstić information content (AvgIpc) is 2.97. The van der Waals surface area contributed by atoms with Gasteiger partial charge in [-0.05, 0) is 24.3 Å². The van der Waals surface area contributed by atoms with Crippen LogP contribution in [0.4, 0.5) is 4.39 Å². The summed E-state index contributed by atoms with van der Waals surface area (Å²) in [5, 5.41) is 0.209. The SMILES string of the molecule is O=S(=O)(Cl)c1cc(Cl)ccc1C1(c2ccc(F)cc2)OCCO1. The highest BCUT2D eigenvalue weighted by atomic mass is 35.7. The Morgan fingerprint density at radius 1 is 1.04 bits per heavy atom. The monoisotopic (exact) mass is 376 g/mol. The Kier molecular flexibility index (Phi) is 4.37. The van der Waals surface area contributed by atoms with Crippen LogP contribution in [-0.2, 0) is 24.3 Å². The molecule has 1 aliphatic rings. The maximum absolute atomic E-state index is 13.2. The van der Waals surface area contributed by atoms with E-state index in [1.165, 1.54) is 42.5 Å². The van der Waals surface area contributed by atoms with Crippen molar-refractivity contribution in [3.8, 4) is 0 Å². The largest absolute Gasteiger partial charge is 0.340 e. The van der Waals surface area contributed by atoms with Gasteiger partial charge in [-0.15, -0.1) is 0 Å². The Bertz CT molecular complexity index is 831. The van der Waals surface area contributed by atoms with Crippen molar-refractivity contribution in [2.45, 2.75) is 10.7 Å². The molecular weight excluding hydrogens is 366 g/mol. The molecule has 1 aliphatic heterocycles. The van der Waals surface area contributed by atoms with E-state index in [4.69, 9.17) is 31.8 Å². The van der Waals surface area contributed by atoms with Crippen molar-refractivity contribution in [3.05, 3.63) is 64.4 Å². The molecule has 0 radical (unpaired) electrons. The molecule has 1 saturated heterocycles. The van der Waals surface area contributed by atoms with Gasteiger partial charge in [-0.1, -0.05) is 29.8 Å². The highest BCUT2D eigenvalue weighted by Crippen LogP contribution is 2.42. The number of hydrogen-bond acceptors (Lipinski definition) is 4. The standard InChI is InChI=1S/C15H11Cl2FO4S/c16-11-3-6-13(14(9-11)23(17,19)20)15(21-7-8-22-15)10-1-4-12(18)5-2-10/h1-6,9H,7-8H2. The fourth-order valence-corrected chi connectivity index (χ4v) is 3.88. The number of ether oxygens (including phenoxy) is 2. The highest BCUT2D eigenvalue weighted by molar-refractivity contribution is 8.13. The minimum atomic E-state index is -4.09. The third kappa shape index (κ3) is 3.09. The van der Waals surface area contributed by atoms with E-state index < -0.39 is 20.7 Å². The molecule has 23 heavy (non-hydrogen) atoms. The number of hydrogen-bond donors (Lipinski definition) is 0. The van der Waals surface area contributed by atoms with Crippen molar-refractivity contribution in [2.75, 3.05) is 13.2 Å². The molecule has 1 heterocycles. The van der Waals surface area contributed by atoms with Gasteiger partial charge in [-0.2, -0.15) is 0 Å². The number of halogens is 3. The van der Waals surface area contributed by atoms with E-state index in [2.05, 4.69) is 0 Å². The van der Waals surface area contributed by atoms with Crippen LogP contribution in [0.3, 0.4) is 0 Å². The predicted octanol–water partition coefficient (Wildman–Crippen LogP) is 3.65. The Morgan fingerprint density at radius 2 is 1.65 bits per heavy atom. The lowest BCUT2D eigenvalue weighted by Gasteiger charge is -2.29. The molecular formula is C15H11Cl2FO4S. The lowest BCUT2D eigenvalue weighted by Crippen LogP contribution is -2.30. The van der Waals surface area contributed by atoms with Crippen LogP contribution >= 0.6 is 22.3 Å². The van der Waals surface area contributed by atoms with E-state index in [1.807, 2.05) is 0 Å². The van der Waals surface area contributed by atoms with Crippen LogP contribution in [0, 0.1) is 5.82 Å². The fourth-order valence-electron chi connectivity index (χ4n) is 2.53. The highest BCUT2D eigenvalue weighted by Gasteiger charge is 2.44. The molecule has 2 aromatic carbocycles. The van der Waals surface area contributed by atoms with Crippen LogP contribution in [0.5, 0.6) is 0 Å². The van der Waals surface area contributed by atoms with Gasteiger partial charge < -0.3 is 9.47 Å². The van der Waals surface area contributed by atoms with E-state index in [0.717, 1.165) is 0 Å². The Morgan fingerprint density at radius 3 is 2.22 bits per heavy atom. The first-order valence-corrected chi connectivity index (χ1v) is 9.30. The maximum Gasteiger partial charge on any atom is 0.261 e. The second-order valence-electron chi connectivity index (χ2n) is 4.90. The van der Waals surface area contributed by atoms with Gasteiger partial charge in [0.05, 0.1) is 18.1 Å². The Hall–Kier alpha value is -1.18. The van der Waals surface area contributed by atoms with Crippen LogP contribution in [0.1, 0.15) is 11.1 Å². The third-order valence-electron chi connectivity index (χ3n) is 3.48. The molecule has 0 amide bonds. The van der Waals surface area contributed by atoms with Gasteiger partial charge in [-0.25, -0.2) is 12.8 Å². The van der Waals surface area contributed by atoms with E-state index >= 15 is 0 Å². The predicted molar refractivity (Wildman–Crippen MR) is 83.6 cm³/mol. The first-order valence-electron chi connectivity index (χ1n) is 6.61. The molecule has 0 aliphatic carbocycles. The molecule has 0 atom stereocenters. The van der Waals surface area contributed by atoms with Crippen LogP contribution in [0.2, 0.25) is 5.02 Å². The van der Waals surface area contributed by atoms with Gasteiger partial charge in [0, 0.05) is 26.8 Å². The summed E-state index contributed by atoms with van der Waals surface area (Å²) in [6.07, 6.45) is 0. The zero-order chi connectivity index (χ0) is 16.7. The summed E-state index contributed by atoms with van der Waals surface area (Å²) in [5.41, 5.74) is 0.654. The second kappa shape index (κ2) is 6.03. The first-order chi connectivity index (χ1) is 10.8. The van der Waals surface area contributed by atoms with Crippen molar-refractivity contribution in [1.82, 2.24) is 0 Å². The summed E-state index contributed by atoms with van der Waals surface area (Å²) in [7, 11) is 1.44. The van der Waals surface area contributed by atoms with Crippen LogP contribution in [0.25, 0.3) is 0 Å². The first kappa shape index (κ1) is 16.7. The molecule has 0 bridgehead atoms. The third-order valence-corrected chi connectivity index (χ3v) is 5.08. The summed E-state index contributed by atoms with van der Waals surface area (Å²) in [4.78, 5) is -0.210. The summed E-state index contributed by atoms with van der Waals surface area (Å²) in [6, 6.07) is 9.65. The Balaban J connectivity index is 2.26. The quantitative estimate of drug-likeness (QED) is 0.767. The molecule has 8 heteroatoms. The number of benzene rings is 2. The van der Waals surface area contributed by atoms with E-state index in [-0.39, 0.29) is 28.7 Å². The minimum absolute atomic E-state index is 0.195. The van der Waals surface area contributed by atoms with Crippen molar-refractivity contribution < 1.29 is 22.3 Å². The maximum atomic E-state index is 13.2. The molecule has 0 N–H and O–H groups in total. The second-order valence-corrected chi connectivity index (χ2v) is 7.87. The van der Waals surface area contributed by atoms with Crippen LogP contribution in [-0.4, -0.2) is 21.6 Å². The topological polar surface area (TPSA) is 52.6 Å². The molecule has 3 rings (SSSR count). The molecule has 0 aromatic heterocycles. The van der Waals surface area contributed by atoms with Gasteiger partial charge in [0.25, 0.3) is 9.05 Å². The average molecular weight is 377 g/mol. The van der Waals surface area contributed by atoms with Gasteiger partial charge in [-0.3, -0.25) is 0 Å². The van der Waals surface area contributed by atoms with Gasteiger partial charge in [0.2, 0.25) is 5.79 Å². The lowest BCUT2D eigenvalue weighted by atomic mass is 9.97. The van der Waals surface area contributed by atoms with Crippen molar-refractivity contribution >= 4 is 31.3 Å². The molecule has 4 nitrogen and oxygen atoms in total. The van der Waals surface area contributed by atoms with Gasteiger partial charge in [0.1, 0.15) is 5.82 Å². The molecule has 2 aromatic rings. The summed E-state index contributed by atoms with van der Waals surface area (Å²) < 4.78 is 48.5. The normalized spacial score (nSPS) is 17.3. The zero-order valence-electron chi connectivity index (χ0n) is 11.6. The van der Waals surface area contributed by atoms with Gasteiger partial charge >= 0.3 is 0 Å². The zero-order valence-corrected chi connectivity index (χ0v) is 14.0. The summed E-state index contributed by atoms with van der Waals surface area (Å²) in [6.45, 7) is 0.504. The van der Waals surface area contributed by atoms with Crippen molar-refractivity contribution in [3.63, 3.8) is 0 Å². The summed E-state index contributed by atoms with van der Waals surface area (Å²) >= 11 is 5.89. The van der Waals surface area contributed by atoms with Crippen LogP contribution in [0.15, 0.2) is 47.4 Å². The van der Waals surface area contributed by atoms with E-state index in [1.54, 1.807) is 0 Å². The molecule has 1 fully saturated rings. The lowest BCUT2D eigenvalue weighted by molar-refractivity contribution is -0.131. The Labute approximate surface area is 142 Å².